The van der Waals surface area contributed by atoms with Crippen LogP contribution in [0.1, 0.15) is 24.4 Å². The number of nitrogens with zero attached hydrogens (tertiary/aromatic N) is 2. The molecule has 2 aromatic carbocycles. The fourth-order valence-electron chi connectivity index (χ4n) is 3.88. The second kappa shape index (κ2) is 10.1. The fraction of sp³-hybridized carbons (Fsp3) is 0.304. The van der Waals surface area contributed by atoms with E-state index >= 15 is 0 Å². The molecule has 0 bridgehead atoms. The van der Waals surface area contributed by atoms with Gasteiger partial charge in [0.1, 0.15) is 11.9 Å². The first-order valence-electron chi connectivity index (χ1n) is 10.8. The Hall–Kier alpha value is -3.66. The van der Waals surface area contributed by atoms with E-state index in [0.717, 1.165) is 4.68 Å². The Morgan fingerprint density at radius 1 is 1.03 bits per heavy atom. The summed E-state index contributed by atoms with van der Waals surface area (Å²) in [6.07, 6.45) is 1.35. The number of amides is 3. The van der Waals surface area contributed by atoms with E-state index in [9.17, 15) is 23.6 Å². The normalized spacial score (nSPS) is 15.2. The molecular formula is C23H23ClFN5O4. The van der Waals surface area contributed by atoms with Crippen LogP contribution in [0.5, 0.6) is 0 Å². The SMILES string of the molecule is O=C(Nc1ccc(Cl)cc1)NC(C(=O)NCC1CCN(n2c(=O)c2=O)CC1)c1ccccc1F. The Kier molecular flexibility index (Phi) is 6.97. The summed E-state index contributed by atoms with van der Waals surface area (Å²) in [6.45, 7) is 1.37. The Labute approximate surface area is 199 Å². The summed E-state index contributed by atoms with van der Waals surface area (Å²) in [5.41, 5.74) is -0.491. The summed E-state index contributed by atoms with van der Waals surface area (Å²) < 4.78 is 15.6. The van der Waals surface area contributed by atoms with Gasteiger partial charge in [-0.2, -0.15) is 4.68 Å². The average Bonchev–Trinajstić information content (AvgIpc) is 3.43. The summed E-state index contributed by atoms with van der Waals surface area (Å²) in [4.78, 5) is 48.1. The Balaban J connectivity index is 1.37. The van der Waals surface area contributed by atoms with Crippen molar-refractivity contribution < 1.29 is 14.0 Å². The number of rotatable bonds is 7. The molecule has 1 fully saturated rings. The summed E-state index contributed by atoms with van der Waals surface area (Å²) in [6, 6.07) is 10.2. The van der Waals surface area contributed by atoms with Gasteiger partial charge >= 0.3 is 17.1 Å². The molecule has 34 heavy (non-hydrogen) atoms. The minimum atomic E-state index is -1.25. The van der Waals surface area contributed by atoms with Gasteiger partial charge in [0.15, 0.2) is 0 Å². The molecule has 1 aliphatic rings. The lowest BCUT2D eigenvalue weighted by Crippen LogP contribution is -2.46. The minimum absolute atomic E-state index is 0.0413. The van der Waals surface area contributed by atoms with Crippen molar-refractivity contribution in [1.29, 1.82) is 0 Å². The Bertz CT molecular complexity index is 1220. The summed E-state index contributed by atoms with van der Waals surface area (Å²) >= 11 is 5.85. The predicted molar refractivity (Wildman–Crippen MR) is 126 cm³/mol. The molecule has 0 spiro atoms. The van der Waals surface area contributed by atoms with E-state index in [-0.39, 0.29) is 11.5 Å². The maximum absolute atomic E-state index is 14.5. The second-order valence-electron chi connectivity index (χ2n) is 8.12. The zero-order valence-corrected chi connectivity index (χ0v) is 18.8. The number of anilines is 1. The molecule has 1 aliphatic heterocycles. The van der Waals surface area contributed by atoms with Crippen molar-refractivity contribution in [2.45, 2.75) is 18.9 Å². The van der Waals surface area contributed by atoms with Gasteiger partial charge in [-0.1, -0.05) is 29.8 Å². The Morgan fingerprint density at radius 3 is 2.29 bits per heavy atom. The van der Waals surface area contributed by atoms with Gasteiger partial charge in [0.05, 0.1) is 0 Å². The van der Waals surface area contributed by atoms with E-state index in [4.69, 9.17) is 11.6 Å². The van der Waals surface area contributed by atoms with Crippen molar-refractivity contribution in [3.8, 4) is 0 Å². The molecule has 3 N–H and O–H groups in total. The number of piperidine rings is 1. The highest BCUT2D eigenvalue weighted by atomic mass is 35.5. The zero-order valence-electron chi connectivity index (χ0n) is 18.1. The van der Waals surface area contributed by atoms with Crippen LogP contribution in [0.3, 0.4) is 0 Å². The first-order valence-corrected chi connectivity index (χ1v) is 11.2. The molecule has 0 radical (unpaired) electrons. The van der Waals surface area contributed by atoms with Gasteiger partial charge in [0.2, 0.25) is 5.91 Å². The third kappa shape index (κ3) is 5.45. The van der Waals surface area contributed by atoms with E-state index in [1.165, 1.54) is 18.2 Å². The fourth-order valence-corrected chi connectivity index (χ4v) is 4.01. The van der Waals surface area contributed by atoms with Gasteiger partial charge in [-0.05, 0) is 49.1 Å². The lowest BCUT2D eigenvalue weighted by Gasteiger charge is -2.31. The lowest BCUT2D eigenvalue weighted by molar-refractivity contribution is -0.123. The van der Waals surface area contributed by atoms with Crippen LogP contribution in [0.15, 0.2) is 58.1 Å². The molecule has 9 nitrogen and oxygen atoms in total. The highest BCUT2D eigenvalue weighted by Crippen LogP contribution is 2.20. The van der Waals surface area contributed by atoms with Crippen molar-refractivity contribution in [2.24, 2.45) is 5.92 Å². The van der Waals surface area contributed by atoms with Crippen LogP contribution in [0, 0.1) is 11.7 Å². The van der Waals surface area contributed by atoms with E-state index in [0.29, 0.717) is 43.2 Å². The van der Waals surface area contributed by atoms with Crippen molar-refractivity contribution in [3.63, 3.8) is 0 Å². The molecule has 178 valence electrons. The molecule has 4 rings (SSSR count). The van der Waals surface area contributed by atoms with E-state index in [2.05, 4.69) is 16.0 Å². The van der Waals surface area contributed by atoms with E-state index in [1.807, 2.05) is 0 Å². The first kappa shape index (κ1) is 23.5. The molecule has 3 aromatic rings. The summed E-state index contributed by atoms with van der Waals surface area (Å²) in [5, 5.41) is 10.2. The van der Waals surface area contributed by atoms with E-state index in [1.54, 1.807) is 35.3 Å². The van der Waals surface area contributed by atoms with Crippen molar-refractivity contribution in [1.82, 2.24) is 15.3 Å². The number of hydrogen-bond donors (Lipinski definition) is 3. The highest BCUT2D eigenvalue weighted by Gasteiger charge is 2.29. The van der Waals surface area contributed by atoms with Crippen LogP contribution in [0.25, 0.3) is 0 Å². The molecular weight excluding hydrogens is 465 g/mol. The highest BCUT2D eigenvalue weighted by molar-refractivity contribution is 6.30. The van der Waals surface area contributed by atoms with Gasteiger partial charge in [0.25, 0.3) is 0 Å². The van der Waals surface area contributed by atoms with Crippen LogP contribution in [-0.2, 0) is 4.79 Å². The van der Waals surface area contributed by atoms with Crippen LogP contribution >= 0.6 is 11.6 Å². The van der Waals surface area contributed by atoms with E-state index < -0.39 is 34.9 Å². The molecule has 3 amide bonds. The van der Waals surface area contributed by atoms with Crippen molar-refractivity contribution in [3.05, 3.63) is 85.6 Å². The topological polar surface area (TPSA) is 113 Å². The summed E-state index contributed by atoms with van der Waals surface area (Å²) in [7, 11) is 0. The zero-order chi connectivity index (χ0) is 24.2. The molecule has 1 unspecified atom stereocenters. The van der Waals surface area contributed by atoms with Crippen LogP contribution < -0.4 is 32.1 Å². The number of halogens is 2. The molecule has 1 atom stereocenters. The third-order valence-corrected chi connectivity index (χ3v) is 6.06. The average molecular weight is 488 g/mol. The predicted octanol–water partition coefficient (Wildman–Crippen LogP) is 1.90. The maximum atomic E-state index is 14.5. The van der Waals surface area contributed by atoms with Crippen LogP contribution in [-0.4, -0.2) is 36.2 Å². The van der Waals surface area contributed by atoms with Crippen LogP contribution in [0.2, 0.25) is 5.02 Å². The number of carbonyl (C=O) groups is 2. The van der Waals surface area contributed by atoms with Gasteiger partial charge in [-0.3, -0.25) is 14.4 Å². The molecule has 0 aliphatic carbocycles. The van der Waals surface area contributed by atoms with Gasteiger partial charge in [-0.25, -0.2) is 9.18 Å². The Morgan fingerprint density at radius 2 is 1.68 bits per heavy atom. The van der Waals surface area contributed by atoms with Crippen molar-refractivity contribution >= 4 is 29.2 Å². The second-order valence-corrected chi connectivity index (χ2v) is 8.56. The maximum Gasteiger partial charge on any atom is 0.340 e. The molecule has 1 saturated heterocycles. The van der Waals surface area contributed by atoms with Crippen molar-refractivity contribution in [2.75, 3.05) is 30.0 Å². The quantitative estimate of drug-likeness (QED) is 0.441. The number of aromatic nitrogens is 1. The van der Waals surface area contributed by atoms with Gasteiger partial charge < -0.3 is 21.0 Å². The van der Waals surface area contributed by atoms with Gasteiger partial charge in [0, 0.05) is 35.9 Å². The molecule has 2 heterocycles. The summed E-state index contributed by atoms with van der Waals surface area (Å²) in [5.74, 6) is -1.04. The monoisotopic (exact) mass is 487 g/mol. The third-order valence-electron chi connectivity index (χ3n) is 5.81. The molecule has 0 saturated carbocycles. The number of hydrogen-bond acceptors (Lipinski definition) is 5. The number of carbonyl (C=O) groups excluding carboxylic acids is 2. The number of urea groups is 1. The minimum Gasteiger partial charge on any atom is -0.354 e. The molecule has 1 aromatic heterocycles. The molecule has 11 heteroatoms. The number of nitrogens with one attached hydrogen (secondary N) is 3. The number of benzene rings is 2. The standard InChI is InChI=1S/C23H23ClFN5O4/c24-15-5-7-16(8-6-15)27-23(34)28-19(17-3-1-2-4-18(17)25)20(31)26-13-14-9-11-29(12-10-14)30-21(32)22(30)33/h1-8,14,19H,9-13H2,(H,26,31)(H2,27,28,34). The van der Waals surface area contributed by atoms with Crippen LogP contribution in [0.4, 0.5) is 14.9 Å². The smallest absolute Gasteiger partial charge is 0.340 e. The van der Waals surface area contributed by atoms with Gasteiger partial charge in [-0.15, -0.1) is 0 Å². The first-order chi connectivity index (χ1) is 16.3. The lowest BCUT2D eigenvalue weighted by atomic mass is 9.97. The largest absolute Gasteiger partial charge is 0.354 e.